The number of methoxy groups -OCH3 is 1. The molecular weight excluding hydrogens is 574 g/mol. The Labute approximate surface area is 252 Å². The molecule has 6 rings (SSSR count). The summed E-state index contributed by atoms with van der Waals surface area (Å²) in [5, 5.41) is 0. The lowest BCUT2D eigenvalue weighted by molar-refractivity contribution is 0.100. The Hall–Kier alpha value is -2.58. The van der Waals surface area contributed by atoms with Crippen LogP contribution in [0.15, 0.2) is 12.3 Å². The Balaban J connectivity index is 1.36. The lowest BCUT2D eigenvalue weighted by Gasteiger charge is -2.38. The fourth-order valence-electron chi connectivity index (χ4n) is 6.56. The molecule has 0 spiro atoms. The van der Waals surface area contributed by atoms with Gasteiger partial charge in [-0.15, -0.1) is 11.3 Å². The van der Waals surface area contributed by atoms with Gasteiger partial charge in [0.05, 0.1) is 42.5 Å². The number of thiophene rings is 1. The van der Waals surface area contributed by atoms with Crippen molar-refractivity contribution >= 4 is 43.2 Å². The van der Waals surface area contributed by atoms with Gasteiger partial charge in [-0.3, -0.25) is 14.5 Å². The number of hydrogen-bond acceptors (Lipinski definition) is 11. The van der Waals surface area contributed by atoms with Crippen LogP contribution < -0.4 is 14.4 Å². The van der Waals surface area contributed by atoms with Gasteiger partial charge in [0.15, 0.2) is 0 Å². The molecule has 1 N–H and O–H groups in total. The van der Waals surface area contributed by atoms with E-state index in [-0.39, 0.29) is 11.6 Å². The van der Waals surface area contributed by atoms with Crippen LogP contribution in [0.4, 0.5) is 11.6 Å². The number of hydrogen-bond donors (Lipinski definition) is 1. The van der Waals surface area contributed by atoms with Gasteiger partial charge in [0.1, 0.15) is 5.69 Å². The Morgan fingerprint density at radius 2 is 1.88 bits per heavy atom. The minimum Gasteiger partial charge on any atom is -0.480 e. The van der Waals surface area contributed by atoms with Gasteiger partial charge in [-0.1, -0.05) is 0 Å². The number of rotatable bonds is 8. The third-order valence-electron chi connectivity index (χ3n) is 8.74. The summed E-state index contributed by atoms with van der Waals surface area (Å²) in [7, 11) is -2.07. The third kappa shape index (κ3) is 6.21. The lowest BCUT2D eigenvalue weighted by Crippen LogP contribution is -2.45. The van der Waals surface area contributed by atoms with Gasteiger partial charge in [0.2, 0.25) is 21.9 Å². The number of morpholine rings is 1. The number of nitrogens with zero attached hydrogens (tertiary/aromatic N) is 6. The molecule has 11 nitrogen and oxygen atoms in total. The van der Waals surface area contributed by atoms with Gasteiger partial charge in [-0.25, -0.2) is 23.4 Å². The minimum atomic E-state index is -3.54. The first kappa shape index (κ1) is 29.5. The highest BCUT2D eigenvalue weighted by Crippen LogP contribution is 2.40. The van der Waals surface area contributed by atoms with Crippen molar-refractivity contribution < 1.29 is 17.9 Å². The summed E-state index contributed by atoms with van der Waals surface area (Å²) < 4.78 is 38.7. The Bertz CT molecular complexity index is 1530. The van der Waals surface area contributed by atoms with Crippen LogP contribution in [-0.4, -0.2) is 105 Å². The van der Waals surface area contributed by atoms with Gasteiger partial charge >= 0.3 is 0 Å². The first-order valence-electron chi connectivity index (χ1n) is 14.8. The summed E-state index contributed by atoms with van der Waals surface area (Å²) >= 11 is 1.69. The van der Waals surface area contributed by atoms with E-state index in [1.54, 1.807) is 23.6 Å². The van der Waals surface area contributed by atoms with Crippen molar-refractivity contribution in [2.75, 3.05) is 68.9 Å². The second-order valence-electron chi connectivity index (χ2n) is 11.7. The first-order valence-corrected chi connectivity index (χ1v) is 17.5. The number of piperidine rings is 1. The van der Waals surface area contributed by atoms with Gasteiger partial charge in [-0.05, 0) is 65.2 Å². The van der Waals surface area contributed by atoms with E-state index in [1.165, 1.54) is 49.8 Å². The summed E-state index contributed by atoms with van der Waals surface area (Å²) in [6.07, 6.45) is 7.86. The highest BCUT2D eigenvalue weighted by Gasteiger charge is 2.31. The number of pyridine rings is 1. The Morgan fingerprint density at radius 1 is 1.12 bits per heavy atom. The zero-order valence-electron chi connectivity index (χ0n) is 24.9. The van der Waals surface area contributed by atoms with Crippen molar-refractivity contribution in [3.8, 4) is 17.1 Å². The molecule has 3 aromatic heterocycles. The summed E-state index contributed by atoms with van der Waals surface area (Å²) in [4.78, 5) is 23.3. The number of aryl methyl sites for hydroxylation is 1. The average Bonchev–Trinajstić information content (AvgIpc) is 3.54. The van der Waals surface area contributed by atoms with E-state index in [0.717, 1.165) is 41.8 Å². The first-order chi connectivity index (χ1) is 20.2. The number of fused-ring (bicyclic) bond motifs is 1. The van der Waals surface area contributed by atoms with Crippen LogP contribution in [0.25, 0.3) is 21.5 Å². The molecule has 3 aliphatic heterocycles. The van der Waals surface area contributed by atoms with Crippen LogP contribution in [0.1, 0.15) is 43.0 Å². The SMILES string of the molecule is COc1ncc(-c2nc(N3CCOCC3)nc3c(CN4CCC(N5CCC[C@@H]5C)CC4)c(C)sc23)cc1NS(C)(=O)=O. The molecule has 3 saturated heterocycles. The average molecular weight is 616 g/mol. The van der Waals surface area contributed by atoms with Crippen LogP contribution in [0.2, 0.25) is 0 Å². The highest BCUT2D eigenvalue weighted by molar-refractivity contribution is 7.92. The van der Waals surface area contributed by atoms with E-state index >= 15 is 0 Å². The molecule has 3 aromatic rings. The molecular formula is C29H41N7O4S2. The smallest absolute Gasteiger partial charge is 0.238 e. The summed E-state index contributed by atoms with van der Waals surface area (Å²) in [6.45, 7) is 11.5. The number of nitrogens with one attached hydrogen (secondary N) is 1. The van der Waals surface area contributed by atoms with Gasteiger partial charge in [0, 0.05) is 53.9 Å². The molecule has 0 bridgehead atoms. The largest absolute Gasteiger partial charge is 0.480 e. The lowest BCUT2D eigenvalue weighted by atomic mass is 10.0. The van der Waals surface area contributed by atoms with Gasteiger partial charge < -0.3 is 14.4 Å². The fraction of sp³-hybridized carbons (Fsp3) is 0.621. The monoisotopic (exact) mass is 615 g/mol. The maximum Gasteiger partial charge on any atom is 0.238 e. The van der Waals surface area contributed by atoms with E-state index in [4.69, 9.17) is 19.4 Å². The van der Waals surface area contributed by atoms with Crippen molar-refractivity contribution in [2.45, 2.75) is 58.2 Å². The van der Waals surface area contributed by atoms with Gasteiger partial charge in [0.25, 0.3) is 0 Å². The van der Waals surface area contributed by atoms with E-state index in [9.17, 15) is 8.42 Å². The molecule has 0 aromatic carbocycles. The third-order valence-corrected chi connectivity index (χ3v) is 10.5. The number of anilines is 2. The second kappa shape index (κ2) is 12.2. The predicted molar refractivity (Wildman–Crippen MR) is 167 cm³/mol. The molecule has 0 radical (unpaired) electrons. The summed E-state index contributed by atoms with van der Waals surface area (Å²) in [6, 6.07) is 3.15. The zero-order valence-corrected chi connectivity index (χ0v) is 26.6. The quantitative estimate of drug-likeness (QED) is 0.402. The topological polar surface area (TPSA) is 113 Å². The molecule has 42 heavy (non-hydrogen) atoms. The molecule has 0 unspecified atom stereocenters. The normalized spacial score (nSPS) is 21.3. The maximum absolute atomic E-state index is 12.1. The van der Waals surface area contributed by atoms with E-state index in [1.807, 2.05) is 0 Å². The van der Waals surface area contributed by atoms with Crippen molar-refractivity contribution in [3.63, 3.8) is 0 Å². The van der Waals surface area contributed by atoms with Crippen LogP contribution in [-0.2, 0) is 21.3 Å². The number of ether oxygens (including phenoxy) is 2. The van der Waals surface area contributed by atoms with Gasteiger partial charge in [-0.2, -0.15) is 0 Å². The predicted octanol–water partition coefficient (Wildman–Crippen LogP) is 3.73. The van der Waals surface area contributed by atoms with Crippen LogP contribution >= 0.6 is 11.3 Å². The molecule has 3 fully saturated rings. The second-order valence-corrected chi connectivity index (χ2v) is 14.7. The zero-order chi connectivity index (χ0) is 29.4. The molecule has 6 heterocycles. The standard InChI is InChI=1S/C29H41N7O4S2/c1-19-6-5-9-36(19)22-7-10-34(11-8-22)18-23-20(2)41-27-25(31-29(32-26(23)27)35-12-14-40-15-13-35)21-16-24(33-42(4,37)38)28(39-3)30-17-21/h16-17,19,22,33H,5-15,18H2,1-4H3/t19-/m0/s1. The van der Waals surface area contributed by atoms with Crippen LogP contribution in [0.5, 0.6) is 5.88 Å². The summed E-state index contributed by atoms with van der Waals surface area (Å²) in [5.41, 5.74) is 3.94. The van der Waals surface area contributed by atoms with E-state index < -0.39 is 10.0 Å². The number of likely N-dealkylation sites (tertiary alicyclic amines) is 2. The minimum absolute atomic E-state index is 0.206. The number of sulfonamides is 1. The number of aromatic nitrogens is 3. The van der Waals surface area contributed by atoms with Crippen molar-refractivity contribution in [3.05, 3.63) is 22.7 Å². The highest BCUT2D eigenvalue weighted by atomic mass is 32.2. The molecule has 0 amide bonds. The molecule has 0 aliphatic carbocycles. The Kier molecular flexibility index (Phi) is 8.56. The van der Waals surface area contributed by atoms with E-state index in [2.05, 4.69) is 38.3 Å². The fourth-order valence-corrected chi connectivity index (χ4v) is 8.22. The molecule has 228 valence electrons. The van der Waals surface area contributed by atoms with Crippen LogP contribution in [0, 0.1) is 6.92 Å². The molecule has 1 atom stereocenters. The Morgan fingerprint density at radius 3 is 2.55 bits per heavy atom. The molecule has 0 saturated carbocycles. The van der Waals surface area contributed by atoms with Crippen LogP contribution in [0.3, 0.4) is 0 Å². The van der Waals surface area contributed by atoms with Crippen molar-refractivity contribution in [1.82, 2.24) is 24.8 Å². The van der Waals surface area contributed by atoms with Crippen molar-refractivity contribution in [1.29, 1.82) is 0 Å². The van der Waals surface area contributed by atoms with Crippen molar-refractivity contribution in [2.24, 2.45) is 0 Å². The summed E-state index contributed by atoms with van der Waals surface area (Å²) in [5.74, 6) is 0.868. The van der Waals surface area contributed by atoms with E-state index in [0.29, 0.717) is 49.9 Å². The molecule has 13 heteroatoms. The molecule has 3 aliphatic rings. The maximum atomic E-state index is 12.1.